The molecule has 1 heterocycles. The van der Waals surface area contributed by atoms with Crippen molar-refractivity contribution in [2.45, 2.75) is 13.5 Å². The molecule has 2 aromatic rings. The summed E-state index contributed by atoms with van der Waals surface area (Å²) in [5.74, 6) is -0.0199. The van der Waals surface area contributed by atoms with Crippen molar-refractivity contribution in [2.24, 2.45) is 0 Å². The molecule has 0 unspecified atom stereocenters. The van der Waals surface area contributed by atoms with Gasteiger partial charge in [-0.3, -0.25) is 0 Å². The van der Waals surface area contributed by atoms with Crippen LogP contribution in [-0.2, 0) is 6.54 Å². The lowest BCUT2D eigenvalue weighted by Gasteiger charge is -2.08. The van der Waals surface area contributed by atoms with Crippen LogP contribution in [0.5, 0.6) is 0 Å². The average Bonchev–Trinajstić information content (AvgIpc) is 2.65. The van der Waals surface area contributed by atoms with Gasteiger partial charge in [-0.25, -0.2) is 9.78 Å². The summed E-state index contributed by atoms with van der Waals surface area (Å²) in [4.78, 5) is 15.1. The lowest BCUT2D eigenvalue weighted by molar-refractivity contribution is 0.0695. The molecule has 0 atom stereocenters. The number of rotatable bonds is 3. The Hall–Kier alpha value is -2.10. The zero-order valence-electron chi connectivity index (χ0n) is 8.92. The van der Waals surface area contributed by atoms with Gasteiger partial charge in [0, 0.05) is 18.9 Å². The summed E-state index contributed by atoms with van der Waals surface area (Å²) in [6.45, 7) is 2.43. The van der Waals surface area contributed by atoms with E-state index in [1.165, 1.54) is 0 Å². The fourth-order valence-corrected chi connectivity index (χ4v) is 1.62. The maximum Gasteiger partial charge on any atom is 0.336 e. The molecular weight excluding hydrogens is 204 g/mol. The number of carboxylic acid groups (broad SMARTS) is 1. The molecule has 0 aliphatic rings. The Balaban J connectivity index is 2.35. The van der Waals surface area contributed by atoms with Crippen molar-refractivity contribution in [3.63, 3.8) is 0 Å². The fraction of sp³-hybridized carbons (Fsp3) is 0.167. The summed E-state index contributed by atoms with van der Waals surface area (Å²) in [6, 6.07) is 7.01. The van der Waals surface area contributed by atoms with Gasteiger partial charge >= 0.3 is 5.97 Å². The lowest BCUT2D eigenvalue weighted by Crippen LogP contribution is -2.07. The first-order valence-electron chi connectivity index (χ1n) is 4.97. The Morgan fingerprint density at radius 2 is 2.19 bits per heavy atom. The number of imidazole rings is 1. The minimum absolute atomic E-state index is 0.343. The number of aromatic nitrogens is 2. The summed E-state index contributed by atoms with van der Waals surface area (Å²) >= 11 is 0. The molecule has 16 heavy (non-hydrogen) atoms. The third-order valence-electron chi connectivity index (χ3n) is 2.51. The Morgan fingerprint density at radius 1 is 1.44 bits per heavy atom. The van der Waals surface area contributed by atoms with Gasteiger partial charge < -0.3 is 9.67 Å². The highest BCUT2D eigenvalue weighted by atomic mass is 16.4. The molecule has 0 spiro atoms. The molecule has 1 N–H and O–H groups in total. The standard InChI is InChI=1S/C12H12N2O2/c1-9-13-6-7-14(9)8-10-4-2-3-5-11(10)12(15)16/h2-7H,8H2,1H3,(H,15,16). The molecular formula is C12H12N2O2. The fourth-order valence-electron chi connectivity index (χ4n) is 1.62. The Labute approximate surface area is 93.2 Å². The van der Waals surface area contributed by atoms with Gasteiger partial charge in [0.15, 0.2) is 0 Å². The molecule has 0 aliphatic heterocycles. The molecule has 0 saturated heterocycles. The summed E-state index contributed by atoms with van der Waals surface area (Å²) in [7, 11) is 0. The van der Waals surface area contributed by atoms with Gasteiger partial charge in [-0.1, -0.05) is 18.2 Å². The summed E-state index contributed by atoms with van der Waals surface area (Å²) in [5, 5.41) is 9.04. The van der Waals surface area contributed by atoms with Gasteiger partial charge in [0.25, 0.3) is 0 Å². The molecule has 1 aromatic carbocycles. The van der Waals surface area contributed by atoms with Gasteiger partial charge in [-0.05, 0) is 18.6 Å². The first-order valence-corrected chi connectivity index (χ1v) is 4.97. The van der Waals surface area contributed by atoms with Crippen molar-refractivity contribution in [1.82, 2.24) is 9.55 Å². The van der Waals surface area contributed by atoms with Crippen LogP contribution in [0.3, 0.4) is 0 Å². The van der Waals surface area contributed by atoms with Crippen molar-refractivity contribution >= 4 is 5.97 Å². The predicted molar refractivity (Wildman–Crippen MR) is 59.5 cm³/mol. The SMILES string of the molecule is Cc1nccn1Cc1ccccc1C(=O)O. The van der Waals surface area contributed by atoms with Gasteiger partial charge in [-0.15, -0.1) is 0 Å². The van der Waals surface area contributed by atoms with E-state index in [1.807, 2.05) is 29.8 Å². The van der Waals surface area contributed by atoms with Crippen molar-refractivity contribution < 1.29 is 9.90 Å². The van der Waals surface area contributed by atoms with Crippen LogP contribution in [0, 0.1) is 6.92 Å². The first kappa shape index (κ1) is 10.4. The quantitative estimate of drug-likeness (QED) is 0.853. The van der Waals surface area contributed by atoms with Crippen molar-refractivity contribution in [3.05, 3.63) is 53.6 Å². The highest BCUT2D eigenvalue weighted by molar-refractivity contribution is 5.89. The average molecular weight is 216 g/mol. The number of nitrogens with zero attached hydrogens (tertiary/aromatic N) is 2. The van der Waals surface area contributed by atoms with Gasteiger partial charge in [0.05, 0.1) is 5.56 Å². The second-order valence-corrected chi connectivity index (χ2v) is 3.56. The zero-order valence-corrected chi connectivity index (χ0v) is 8.92. The van der Waals surface area contributed by atoms with Crippen molar-refractivity contribution in [2.75, 3.05) is 0 Å². The molecule has 4 nitrogen and oxygen atoms in total. The van der Waals surface area contributed by atoms with Crippen LogP contribution in [-0.4, -0.2) is 20.6 Å². The maximum atomic E-state index is 11.0. The zero-order chi connectivity index (χ0) is 11.5. The van der Waals surface area contributed by atoms with E-state index in [2.05, 4.69) is 4.98 Å². The molecule has 1 aromatic heterocycles. The van der Waals surface area contributed by atoms with Crippen LogP contribution in [0.25, 0.3) is 0 Å². The molecule has 0 radical (unpaired) electrons. The predicted octanol–water partition coefficient (Wildman–Crippen LogP) is 1.94. The number of benzene rings is 1. The summed E-state index contributed by atoms with van der Waals surface area (Å²) in [5.41, 5.74) is 1.13. The van der Waals surface area contributed by atoms with Gasteiger partial charge in [0.1, 0.15) is 5.82 Å². The van der Waals surface area contributed by atoms with E-state index < -0.39 is 5.97 Å². The minimum Gasteiger partial charge on any atom is -0.478 e. The van der Waals surface area contributed by atoms with E-state index in [1.54, 1.807) is 18.3 Å². The van der Waals surface area contributed by atoms with Crippen molar-refractivity contribution in [3.8, 4) is 0 Å². The van der Waals surface area contributed by atoms with E-state index in [4.69, 9.17) is 5.11 Å². The van der Waals surface area contributed by atoms with Crippen molar-refractivity contribution in [1.29, 1.82) is 0 Å². The molecule has 0 saturated carbocycles. The maximum absolute atomic E-state index is 11.0. The Bertz CT molecular complexity index is 517. The number of aromatic carboxylic acids is 1. The Kier molecular flexibility index (Phi) is 2.72. The molecule has 0 amide bonds. The van der Waals surface area contributed by atoms with E-state index in [0.717, 1.165) is 11.4 Å². The van der Waals surface area contributed by atoms with E-state index in [-0.39, 0.29) is 0 Å². The minimum atomic E-state index is -0.895. The normalized spacial score (nSPS) is 10.3. The Morgan fingerprint density at radius 3 is 2.81 bits per heavy atom. The summed E-state index contributed by atoms with van der Waals surface area (Å²) in [6.07, 6.45) is 3.55. The number of hydrogen-bond acceptors (Lipinski definition) is 2. The molecule has 82 valence electrons. The topological polar surface area (TPSA) is 55.1 Å². The number of carbonyl (C=O) groups is 1. The van der Waals surface area contributed by atoms with Crippen LogP contribution in [0.15, 0.2) is 36.7 Å². The largest absolute Gasteiger partial charge is 0.478 e. The van der Waals surface area contributed by atoms with E-state index >= 15 is 0 Å². The first-order chi connectivity index (χ1) is 7.68. The van der Waals surface area contributed by atoms with Crippen LogP contribution >= 0.6 is 0 Å². The van der Waals surface area contributed by atoms with Crippen LogP contribution in [0.2, 0.25) is 0 Å². The van der Waals surface area contributed by atoms with E-state index in [0.29, 0.717) is 12.1 Å². The molecule has 0 fully saturated rings. The smallest absolute Gasteiger partial charge is 0.336 e. The second-order valence-electron chi connectivity index (χ2n) is 3.56. The monoisotopic (exact) mass is 216 g/mol. The summed E-state index contributed by atoms with van der Waals surface area (Å²) < 4.78 is 1.92. The lowest BCUT2D eigenvalue weighted by atomic mass is 10.1. The van der Waals surface area contributed by atoms with E-state index in [9.17, 15) is 4.79 Å². The van der Waals surface area contributed by atoms with Crippen LogP contribution in [0.4, 0.5) is 0 Å². The number of carboxylic acids is 1. The van der Waals surface area contributed by atoms with Crippen LogP contribution in [0.1, 0.15) is 21.7 Å². The molecule has 4 heteroatoms. The van der Waals surface area contributed by atoms with Gasteiger partial charge in [-0.2, -0.15) is 0 Å². The third-order valence-corrected chi connectivity index (χ3v) is 2.51. The number of aryl methyl sites for hydroxylation is 1. The molecule has 2 rings (SSSR count). The second kappa shape index (κ2) is 4.18. The highest BCUT2D eigenvalue weighted by Gasteiger charge is 2.09. The van der Waals surface area contributed by atoms with Crippen LogP contribution < -0.4 is 0 Å². The van der Waals surface area contributed by atoms with Gasteiger partial charge in [0.2, 0.25) is 0 Å². The third kappa shape index (κ3) is 1.95. The molecule has 0 aliphatic carbocycles. The number of hydrogen-bond donors (Lipinski definition) is 1. The molecule has 0 bridgehead atoms. The highest BCUT2D eigenvalue weighted by Crippen LogP contribution is 2.11.